The number of pyridine rings is 2. The normalized spacial score (nSPS) is 15.3. The number of allylic oxidation sites excluding steroid dienone is 10. The quantitative estimate of drug-likeness (QED) is 0.141. The Labute approximate surface area is 380 Å². The number of hydrogen-bond donors (Lipinski definition) is 3. The average molecular weight is 860 g/mol. The van der Waals surface area contributed by atoms with Gasteiger partial charge in [-0.2, -0.15) is 0 Å². The van der Waals surface area contributed by atoms with E-state index >= 15 is 0 Å². The first-order valence-corrected chi connectivity index (χ1v) is 21.8. The lowest BCUT2D eigenvalue weighted by atomic mass is 9.91. The Morgan fingerprint density at radius 3 is 1.24 bits per heavy atom. The molecule has 7 aromatic rings. The van der Waals surface area contributed by atoms with E-state index in [4.69, 9.17) is 9.98 Å². The molecule has 4 aromatic carbocycles. The number of H-pyrrole nitrogens is 1. The summed E-state index contributed by atoms with van der Waals surface area (Å²) in [4.78, 5) is 39.7. The predicted octanol–water partition coefficient (Wildman–Crippen LogP) is 10.3. The van der Waals surface area contributed by atoms with E-state index in [9.17, 15) is 19.8 Å². The molecule has 66 heavy (non-hydrogen) atoms. The summed E-state index contributed by atoms with van der Waals surface area (Å²) in [5, 5.41) is 20.7. The molecule has 0 amide bonds. The second-order valence-electron chi connectivity index (χ2n) is 16.6. The van der Waals surface area contributed by atoms with Crippen LogP contribution in [-0.2, 0) is 13.1 Å². The number of aromatic amines is 1. The van der Waals surface area contributed by atoms with Gasteiger partial charge in [-0.25, -0.2) is 9.98 Å². The highest BCUT2D eigenvalue weighted by Gasteiger charge is 2.27. The molecule has 9 heteroatoms. The molecule has 0 radical (unpaired) electrons. The van der Waals surface area contributed by atoms with Crippen molar-refractivity contribution in [1.82, 2.24) is 14.1 Å². The van der Waals surface area contributed by atoms with Gasteiger partial charge >= 0.3 is 0 Å². The van der Waals surface area contributed by atoms with E-state index < -0.39 is 0 Å². The SMILES string of the molecule is O=c1ccccn1Cc1ccc(C2=C3C=CC(=C(c4ccc(O)cc4)C4=NC(=C(c5ccc(Cn6ccccc6=O)cc5)c5ccc([nH]5)C(c5ccc(O)cc5)=C5C=CC2=N5)C=C4)C3)cc1. The number of aliphatic imine (C=N–C) groups is 2. The number of hydrogen-bond acceptors (Lipinski definition) is 6. The molecule has 9 nitrogen and oxygen atoms in total. The molecule has 3 aliphatic heterocycles. The molecule has 0 saturated heterocycles. The van der Waals surface area contributed by atoms with Gasteiger partial charge in [0, 0.05) is 58.2 Å². The number of rotatable bonds is 8. The van der Waals surface area contributed by atoms with Crippen LogP contribution in [-0.4, -0.2) is 35.8 Å². The summed E-state index contributed by atoms with van der Waals surface area (Å²) in [5.41, 5.74) is 16.2. The summed E-state index contributed by atoms with van der Waals surface area (Å²) in [6, 6.07) is 45.6. The second kappa shape index (κ2) is 16.7. The zero-order valence-electron chi connectivity index (χ0n) is 35.6. The van der Waals surface area contributed by atoms with Gasteiger partial charge in [-0.3, -0.25) is 9.59 Å². The van der Waals surface area contributed by atoms with Crippen molar-refractivity contribution >= 4 is 33.7 Å². The molecule has 318 valence electrons. The van der Waals surface area contributed by atoms with Gasteiger partial charge in [-0.1, -0.05) is 97.1 Å². The maximum Gasteiger partial charge on any atom is 0.250 e. The first kappa shape index (κ1) is 40.0. The third-order valence-electron chi connectivity index (χ3n) is 12.3. The van der Waals surface area contributed by atoms with Crippen LogP contribution in [0.2, 0.25) is 0 Å². The van der Waals surface area contributed by atoms with Crippen LogP contribution in [0.15, 0.2) is 237 Å². The molecule has 0 atom stereocenters. The van der Waals surface area contributed by atoms with Crippen LogP contribution in [0.1, 0.15) is 51.2 Å². The first-order chi connectivity index (χ1) is 32.3. The molecule has 4 aliphatic rings. The molecule has 3 aromatic heterocycles. The Bertz CT molecular complexity index is 3510. The Balaban J connectivity index is 1.11. The van der Waals surface area contributed by atoms with Crippen molar-refractivity contribution in [3.8, 4) is 11.5 Å². The fourth-order valence-corrected chi connectivity index (χ4v) is 9.10. The molecule has 1 aliphatic carbocycles. The molecule has 11 rings (SSSR count). The van der Waals surface area contributed by atoms with E-state index in [0.717, 1.165) is 101 Å². The van der Waals surface area contributed by atoms with Crippen molar-refractivity contribution in [2.45, 2.75) is 19.5 Å². The minimum absolute atomic E-state index is 0.0547. The first-order valence-electron chi connectivity index (χ1n) is 21.8. The number of phenols is 2. The fraction of sp³-hybridized carbons (Fsp3) is 0.0526. The van der Waals surface area contributed by atoms with Gasteiger partial charge in [0.2, 0.25) is 0 Å². The Morgan fingerprint density at radius 2 is 0.833 bits per heavy atom. The standard InChI is InChI=1S/C57H41N5O4/c63-44-21-17-39(18-22-44)55-43-16-15-42(33-43)54(38-11-7-36(8-12-38)34-61-31-3-1-5-52(61)65)46-25-28-49(58-46)57(41-19-23-45(64)24-20-41)51-30-29-50(60-51)56(48-27-26-47(55)59-48)40-13-9-37(10-14-40)35-62-32-4-2-6-53(62)66/h1-32,60,63-64H,33-35H2. The number of nitrogens with zero attached hydrogens (tertiary/aromatic N) is 4. The molecular weight excluding hydrogens is 819 g/mol. The maximum absolute atomic E-state index is 12.6. The van der Waals surface area contributed by atoms with E-state index in [1.807, 2.05) is 36.4 Å². The van der Waals surface area contributed by atoms with Gasteiger partial charge in [0.15, 0.2) is 0 Å². The van der Waals surface area contributed by atoms with E-state index in [-0.39, 0.29) is 22.6 Å². The van der Waals surface area contributed by atoms with Crippen LogP contribution in [0.5, 0.6) is 11.5 Å². The molecule has 8 bridgehead atoms. The highest BCUT2D eigenvalue weighted by molar-refractivity contribution is 6.34. The number of aromatic nitrogens is 3. The lowest BCUT2D eigenvalue weighted by molar-refractivity contribution is 0.474. The van der Waals surface area contributed by atoms with Crippen molar-refractivity contribution in [3.63, 3.8) is 0 Å². The van der Waals surface area contributed by atoms with Crippen LogP contribution in [0.4, 0.5) is 0 Å². The molecule has 0 unspecified atom stereocenters. The molecular formula is C57H41N5O4. The summed E-state index contributed by atoms with van der Waals surface area (Å²) in [6.45, 7) is 0.893. The number of benzene rings is 4. The Kier molecular flexibility index (Phi) is 10.1. The summed E-state index contributed by atoms with van der Waals surface area (Å²) in [7, 11) is 0. The average Bonchev–Trinajstić information content (AvgIpc) is 4.19. The predicted molar refractivity (Wildman–Crippen MR) is 262 cm³/mol. The lowest BCUT2D eigenvalue weighted by Crippen LogP contribution is -2.18. The largest absolute Gasteiger partial charge is 0.508 e. The second-order valence-corrected chi connectivity index (χ2v) is 16.6. The van der Waals surface area contributed by atoms with Crippen LogP contribution in [0, 0.1) is 0 Å². The topological polar surface area (TPSA) is 125 Å². The fourth-order valence-electron chi connectivity index (χ4n) is 9.10. The number of fused-ring (bicyclic) bond motifs is 6. The lowest BCUT2D eigenvalue weighted by Gasteiger charge is -2.15. The van der Waals surface area contributed by atoms with Gasteiger partial charge < -0.3 is 24.3 Å². The summed E-state index contributed by atoms with van der Waals surface area (Å²) < 4.78 is 3.38. The van der Waals surface area contributed by atoms with Gasteiger partial charge in [0.05, 0.1) is 35.9 Å². The van der Waals surface area contributed by atoms with E-state index in [0.29, 0.717) is 19.5 Å². The summed E-state index contributed by atoms with van der Waals surface area (Å²) >= 11 is 0. The number of phenolic OH excluding ortho intramolecular Hbond substituents is 2. The third-order valence-corrected chi connectivity index (χ3v) is 12.3. The smallest absolute Gasteiger partial charge is 0.250 e. The van der Waals surface area contributed by atoms with Crippen LogP contribution in [0.3, 0.4) is 0 Å². The minimum atomic E-state index is -0.0596. The van der Waals surface area contributed by atoms with Gasteiger partial charge in [0.25, 0.3) is 11.1 Å². The van der Waals surface area contributed by atoms with Crippen LogP contribution >= 0.6 is 0 Å². The van der Waals surface area contributed by atoms with Crippen molar-refractivity contribution in [1.29, 1.82) is 0 Å². The molecule has 6 heterocycles. The zero-order chi connectivity index (χ0) is 44.7. The van der Waals surface area contributed by atoms with Gasteiger partial charge in [-0.15, -0.1) is 0 Å². The van der Waals surface area contributed by atoms with E-state index in [2.05, 4.69) is 102 Å². The molecule has 3 N–H and O–H groups in total. The summed E-state index contributed by atoms with van der Waals surface area (Å²) in [5.74, 6) is 0.348. The van der Waals surface area contributed by atoms with Crippen molar-refractivity contribution < 1.29 is 10.2 Å². The molecule has 0 saturated carbocycles. The maximum atomic E-state index is 12.6. The Morgan fingerprint density at radius 1 is 0.439 bits per heavy atom. The van der Waals surface area contributed by atoms with Crippen LogP contribution < -0.4 is 11.1 Å². The summed E-state index contributed by atoms with van der Waals surface area (Å²) in [6.07, 6.45) is 16.8. The van der Waals surface area contributed by atoms with Crippen molar-refractivity contribution in [3.05, 3.63) is 282 Å². The third kappa shape index (κ3) is 7.69. The van der Waals surface area contributed by atoms with E-state index in [1.165, 1.54) is 0 Å². The highest BCUT2D eigenvalue weighted by atomic mass is 16.3. The molecule has 0 fully saturated rings. The van der Waals surface area contributed by atoms with E-state index in [1.54, 1.807) is 70.1 Å². The monoisotopic (exact) mass is 859 g/mol. The zero-order valence-corrected chi connectivity index (χ0v) is 35.6. The van der Waals surface area contributed by atoms with Crippen molar-refractivity contribution in [2.75, 3.05) is 0 Å². The number of aromatic hydroxyl groups is 2. The van der Waals surface area contributed by atoms with Crippen LogP contribution in [0.25, 0.3) is 22.3 Å². The molecule has 0 spiro atoms. The Hall–Kier alpha value is -8.82. The van der Waals surface area contributed by atoms with Gasteiger partial charge in [0.1, 0.15) is 11.5 Å². The van der Waals surface area contributed by atoms with Gasteiger partial charge in [-0.05, 0) is 124 Å². The number of nitrogens with one attached hydrogen (secondary N) is 1. The highest BCUT2D eigenvalue weighted by Crippen LogP contribution is 2.41. The minimum Gasteiger partial charge on any atom is -0.508 e. The van der Waals surface area contributed by atoms with Crippen molar-refractivity contribution in [2.24, 2.45) is 9.98 Å².